The van der Waals surface area contributed by atoms with E-state index in [1.807, 2.05) is 42.5 Å². The zero-order valence-electron chi connectivity index (χ0n) is 19.1. The standard InChI is InChI=1S/C25H31N5O3/c1-17(19-9-11-26-12-10-19)33-23-15-21-20(14-22(23)32-2)24(29-16-28-21)30-25(31)27-13-8-18-6-4-3-5-7-18/h3-7,14-17,19,26H,8-13H2,1-2H3,(H2,27,28,29,30,31). The molecule has 8 nitrogen and oxygen atoms in total. The predicted octanol–water partition coefficient (Wildman–Crippen LogP) is 3.77. The van der Waals surface area contributed by atoms with Crippen molar-refractivity contribution in [2.24, 2.45) is 5.92 Å². The molecule has 1 aliphatic rings. The Kier molecular flexibility index (Phi) is 7.57. The smallest absolute Gasteiger partial charge is 0.320 e. The Bertz CT molecular complexity index is 1070. The maximum Gasteiger partial charge on any atom is 0.320 e. The van der Waals surface area contributed by atoms with E-state index in [9.17, 15) is 4.79 Å². The number of anilines is 1. The number of carbonyl (C=O) groups excluding carboxylic acids is 1. The number of fused-ring (bicyclic) bond motifs is 1. The predicted molar refractivity (Wildman–Crippen MR) is 129 cm³/mol. The van der Waals surface area contributed by atoms with E-state index < -0.39 is 0 Å². The molecule has 0 aliphatic carbocycles. The van der Waals surface area contributed by atoms with Gasteiger partial charge in [-0.15, -0.1) is 0 Å². The third-order valence-corrected chi connectivity index (χ3v) is 6.06. The third kappa shape index (κ3) is 5.90. The van der Waals surface area contributed by atoms with Crippen LogP contribution in [0.1, 0.15) is 25.3 Å². The minimum atomic E-state index is -0.315. The Labute approximate surface area is 194 Å². The number of rotatable bonds is 8. The quantitative estimate of drug-likeness (QED) is 0.484. The maximum atomic E-state index is 12.4. The minimum Gasteiger partial charge on any atom is -0.493 e. The second-order valence-corrected chi connectivity index (χ2v) is 8.27. The fraction of sp³-hybridized carbons (Fsp3) is 0.400. The van der Waals surface area contributed by atoms with Crippen LogP contribution in [0.4, 0.5) is 10.6 Å². The van der Waals surface area contributed by atoms with Crippen LogP contribution >= 0.6 is 0 Å². The number of nitrogens with one attached hydrogen (secondary N) is 3. The molecule has 0 spiro atoms. The maximum absolute atomic E-state index is 12.4. The van der Waals surface area contributed by atoms with Gasteiger partial charge in [-0.25, -0.2) is 14.8 Å². The van der Waals surface area contributed by atoms with Gasteiger partial charge in [0.05, 0.1) is 18.7 Å². The Balaban J connectivity index is 1.45. The Morgan fingerprint density at radius 1 is 1.15 bits per heavy atom. The molecule has 3 N–H and O–H groups in total. The second kappa shape index (κ2) is 11.0. The lowest BCUT2D eigenvalue weighted by atomic mass is 9.93. The van der Waals surface area contributed by atoms with E-state index in [4.69, 9.17) is 9.47 Å². The molecule has 174 valence electrons. The van der Waals surface area contributed by atoms with Crippen molar-refractivity contribution >= 4 is 22.8 Å². The number of benzene rings is 2. The van der Waals surface area contributed by atoms with Crippen molar-refractivity contribution in [2.45, 2.75) is 32.3 Å². The molecule has 1 atom stereocenters. The largest absolute Gasteiger partial charge is 0.493 e. The summed E-state index contributed by atoms with van der Waals surface area (Å²) in [5, 5.41) is 9.78. The first kappa shape index (κ1) is 22.8. The number of amides is 2. The molecule has 33 heavy (non-hydrogen) atoms. The van der Waals surface area contributed by atoms with Crippen LogP contribution in [0.2, 0.25) is 0 Å². The Hall–Kier alpha value is -3.39. The van der Waals surface area contributed by atoms with Gasteiger partial charge in [0.25, 0.3) is 0 Å². The van der Waals surface area contributed by atoms with Crippen molar-refractivity contribution in [3.8, 4) is 11.5 Å². The number of carbonyl (C=O) groups is 1. The zero-order chi connectivity index (χ0) is 23.0. The van der Waals surface area contributed by atoms with Crippen molar-refractivity contribution < 1.29 is 14.3 Å². The summed E-state index contributed by atoms with van der Waals surface area (Å²) in [6.07, 6.45) is 4.43. The molecule has 8 heteroatoms. The number of ether oxygens (including phenoxy) is 2. The van der Waals surface area contributed by atoms with E-state index in [0.29, 0.717) is 40.7 Å². The van der Waals surface area contributed by atoms with Gasteiger partial charge >= 0.3 is 6.03 Å². The summed E-state index contributed by atoms with van der Waals surface area (Å²) < 4.78 is 11.9. The highest BCUT2D eigenvalue weighted by atomic mass is 16.5. The van der Waals surface area contributed by atoms with E-state index in [0.717, 1.165) is 32.4 Å². The monoisotopic (exact) mass is 449 g/mol. The molecule has 2 heterocycles. The van der Waals surface area contributed by atoms with Gasteiger partial charge in [-0.2, -0.15) is 0 Å². The SMILES string of the molecule is COc1cc2c(NC(=O)NCCc3ccccc3)ncnc2cc1OC(C)C1CCNCC1. The van der Waals surface area contributed by atoms with Crippen LogP contribution in [0, 0.1) is 5.92 Å². The molecule has 3 aromatic rings. The lowest BCUT2D eigenvalue weighted by Gasteiger charge is -2.29. The summed E-state index contributed by atoms with van der Waals surface area (Å²) in [5.41, 5.74) is 1.85. The van der Waals surface area contributed by atoms with E-state index in [1.54, 1.807) is 7.11 Å². The van der Waals surface area contributed by atoms with Crippen LogP contribution in [0.25, 0.3) is 10.9 Å². The summed E-state index contributed by atoms with van der Waals surface area (Å²) in [4.78, 5) is 21.1. The second-order valence-electron chi connectivity index (χ2n) is 8.27. The molecule has 0 saturated carbocycles. The van der Waals surface area contributed by atoms with Gasteiger partial charge in [0.1, 0.15) is 12.1 Å². The molecule has 2 amide bonds. The summed E-state index contributed by atoms with van der Waals surface area (Å²) in [6, 6.07) is 13.4. The highest BCUT2D eigenvalue weighted by Gasteiger charge is 2.23. The molecule has 2 aromatic carbocycles. The Morgan fingerprint density at radius 2 is 1.94 bits per heavy atom. The molecular formula is C25H31N5O3. The van der Waals surface area contributed by atoms with Gasteiger partial charge < -0.3 is 20.1 Å². The normalized spacial score (nSPS) is 15.1. The van der Waals surface area contributed by atoms with E-state index in [-0.39, 0.29) is 12.1 Å². The van der Waals surface area contributed by atoms with Gasteiger partial charge in [0, 0.05) is 18.0 Å². The number of methoxy groups -OCH3 is 1. The number of hydrogen-bond donors (Lipinski definition) is 3. The summed E-state index contributed by atoms with van der Waals surface area (Å²) in [7, 11) is 1.61. The van der Waals surface area contributed by atoms with Crippen LogP contribution in [0.3, 0.4) is 0 Å². The van der Waals surface area contributed by atoms with E-state index in [2.05, 4.69) is 32.8 Å². The molecule has 1 saturated heterocycles. The Morgan fingerprint density at radius 3 is 2.70 bits per heavy atom. The van der Waals surface area contributed by atoms with Gasteiger partial charge in [-0.1, -0.05) is 30.3 Å². The third-order valence-electron chi connectivity index (χ3n) is 6.06. The number of hydrogen-bond acceptors (Lipinski definition) is 6. The number of piperidine rings is 1. The van der Waals surface area contributed by atoms with Crippen molar-refractivity contribution in [1.82, 2.24) is 20.6 Å². The van der Waals surface area contributed by atoms with Crippen molar-refractivity contribution in [3.63, 3.8) is 0 Å². The van der Waals surface area contributed by atoms with Crippen LogP contribution in [-0.2, 0) is 6.42 Å². The molecule has 1 aromatic heterocycles. The summed E-state index contributed by atoms with van der Waals surface area (Å²) in [6.45, 7) is 4.66. The first-order valence-corrected chi connectivity index (χ1v) is 11.4. The molecule has 0 bridgehead atoms. The first-order valence-electron chi connectivity index (χ1n) is 11.4. The summed E-state index contributed by atoms with van der Waals surface area (Å²) in [5.74, 6) is 2.15. The highest BCUT2D eigenvalue weighted by molar-refractivity contribution is 5.99. The molecular weight excluding hydrogens is 418 g/mol. The topological polar surface area (TPSA) is 97.4 Å². The molecule has 1 aliphatic heterocycles. The van der Waals surface area contributed by atoms with Gasteiger partial charge in [-0.3, -0.25) is 5.32 Å². The minimum absolute atomic E-state index is 0.0632. The van der Waals surface area contributed by atoms with Crippen LogP contribution in [0.15, 0.2) is 48.8 Å². The van der Waals surface area contributed by atoms with Crippen molar-refractivity contribution in [1.29, 1.82) is 0 Å². The fourth-order valence-corrected chi connectivity index (χ4v) is 4.14. The van der Waals surface area contributed by atoms with Gasteiger partial charge in [0.15, 0.2) is 11.5 Å². The van der Waals surface area contributed by atoms with Crippen LogP contribution in [-0.4, -0.2) is 48.8 Å². The average molecular weight is 450 g/mol. The van der Waals surface area contributed by atoms with Crippen molar-refractivity contribution in [2.75, 3.05) is 32.1 Å². The van der Waals surface area contributed by atoms with Crippen molar-refractivity contribution in [3.05, 3.63) is 54.4 Å². The average Bonchev–Trinajstić information content (AvgIpc) is 2.85. The van der Waals surface area contributed by atoms with Gasteiger partial charge in [-0.05, 0) is 56.8 Å². The van der Waals surface area contributed by atoms with Crippen LogP contribution < -0.4 is 25.4 Å². The molecule has 0 radical (unpaired) electrons. The number of aromatic nitrogens is 2. The lowest BCUT2D eigenvalue weighted by Crippen LogP contribution is -2.35. The first-order chi connectivity index (χ1) is 16.1. The summed E-state index contributed by atoms with van der Waals surface area (Å²) >= 11 is 0. The van der Waals surface area contributed by atoms with Gasteiger partial charge in [0.2, 0.25) is 0 Å². The molecule has 1 unspecified atom stereocenters. The highest BCUT2D eigenvalue weighted by Crippen LogP contribution is 2.35. The zero-order valence-corrected chi connectivity index (χ0v) is 19.1. The number of nitrogens with zero attached hydrogens (tertiary/aromatic N) is 2. The lowest BCUT2D eigenvalue weighted by molar-refractivity contribution is 0.124. The van der Waals surface area contributed by atoms with E-state index >= 15 is 0 Å². The van der Waals surface area contributed by atoms with Crippen LogP contribution in [0.5, 0.6) is 11.5 Å². The molecule has 4 rings (SSSR count). The fourth-order valence-electron chi connectivity index (χ4n) is 4.14. The molecule has 1 fully saturated rings. The van der Waals surface area contributed by atoms with E-state index in [1.165, 1.54) is 11.9 Å². The number of urea groups is 1.